The first-order valence-electron chi connectivity index (χ1n) is 11.9. The highest BCUT2D eigenvalue weighted by Crippen LogP contribution is 2.40. The second-order valence-electron chi connectivity index (χ2n) is 8.76. The molecule has 0 aliphatic heterocycles. The van der Waals surface area contributed by atoms with Gasteiger partial charge >= 0.3 is 0 Å². The van der Waals surface area contributed by atoms with E-state index in [4.69, 9.17) is 4.74 Å². The zero-order valence-electron chi connectivity index (χ0n) is 19.0. The van der Waals surface area contributed by atoms with Gasteiger partial charge < -0.3 is 4.74 Å². The molecule has 2 aromatic rings. The monoisotopic (exact) mass is 414 g/mol. The first-order chi connectivity index (χ1) is 15.2. The lowest BCUT2D eigenvalue weighted by Crippen LogP contribution is -2.14. The van der Waals surface area contributed by atoms with E-state index in [-0.39, 0.29) is 0 Å². The Hall–Kier alpha value is -2.78. The van der Waals surface area contributed by atoms with Crippen LogP contribution in [0.2, 0.25) is 0 Å². The fourth-order valence-electron chi connectivity index (χ4n) is 4.88. The molecule has 0 saturated heterocycles. The molecule has 0 aromatic heterocycles. The van der Waals surface area contributed by atoms with E-state index in [0.717, 1.165) is 54.2 Å². The molecule has 162 valence electrons. The van der Waals surface area contributed by atoms with Gasteiger partial charge in [0, 0.05) is 5.56 Å². The number of rotatable bonds is 9. The highest BCUT2D eigenvalue weighted by molar-refractivity contribution is 5.75. The lowest BCUT2D eigenvalue weighted by atomic mass is 9.75. The van der Waals surface area contributed by atoms with E-state index in [0.29, 0.717) is 17.0 Å². The fraction of sp³-hybridized carbons (Fsp3) is 0.500. The van der Waals surface area contributed by atoms with Gasteiger partial charge in [0.1, 0.15) is 17.9 Å². The second kappa shape index (κ2) is 11.6. The van der Waals surface area contributed by atoms with E-state index in [1.165, 1.54) is 38.5 Å². The topological polar surface area (TPSA) is 56.8 Å². The van der Waals surface area contributed by atoms with Crippen LogP contribution >= 0.6 is 0 Å². The van der Waals surface area contributed by atoms with Crippen LogP contribution in [0.4, 0.5) is 0 Å². The van der Waals surface area contributed by atoms with Crippen LogP contribution < -0.4 is 4.74 Å². The Morgan fingerprint density at radius 1 is 0.839 bits per heavy atom. The summed E-state index contributed by atoms with van der Waals surface area (Å²) in [6.07, 6.45) is 10.7. The summed E-state index contributed by atoms with van der Waals surface area (Å²) >= 11 is 0. The third-order valence-corrected chi connectivity index (χ3v) is 6.63. The van der Waals surface area contributed by atoms with Crippen molar-refractivity contribution in [3.63, 3.8) is 0 Å². The first-order valence-corrected chi connectivity index (χ1v) is 11.9. The molecule has 1 aliphatic carbocycles. The summed E-state index contributed by atoms with van der Waals surface area (Å²) in [6, 6.07) is 16.7. The predicted octanol–water partition coefficient (Wildman–Crippen LogP) is 7.74. The fourth-order valence-corrected chi connectivity index (χ4v) is 4.88. The number of ether oxygens (including phenoxy) is 1. The van der Waals surface area contributed by atoms with Crippen molar-refractivity contribution < 1.29 is 4.74 Å². The maximum atomic E-state index is 9.93. The minimum Gasteiger partial charge on any atom is -0.494 e. The summed E-state index contributed by atoms with van der Waals surface area (Å²) in [5, 5.41) is 19.9. The van der Waals surface area contributed by atoms with Crippen LogP contribution in [-0.2, 0) is 0 Å². The van der Waals surface area contributed by atoms with Crippen molar-refractivity contribution in [2.24, 2.45) is 5.92 Å². The van der Waals surface area contributed by atoms with Crippen LogP contribution in [0.3, 0.4) is 0 Å². The minimum absolute atomic E-state index is 0.391. The normalized spacial score (nSPS) is 18.2. The van der Waals surface area contributed by atoms with Gasteiger partial charge in [-0.1, -0.05) is 63.8 Å². The molecule has 1 fully saturated rings. The van der Waals surface area contributed by atoms with Gasteiger partial charge in [0.15, 0.2) is 0 Å². The second-order valence-corrected chi connectivity index (χ2v) is 8.76. The lowest BCUT2D eigenvalue weighted by molar-refractivity contribution is 0.306. The Bertz CT molecular complexity index is 925. The summed E-state index contributed by atoms with van der Waals surface area (Å²) in [5.41, 5.74) is 3.92. The van der Waals surface area contributed by atoms with E-state index in [1.807, 2.05) is 30.3 Å². The highest BCUT2D eigenvalue weighted by atomic mass is 16.5. The molecule has 0 N–H and O–H groups in total. The molecule has 2 aromatic carbocycles. The van der Waals surface area contributed by atoms with Gasteiger partial charge in [0.25, 0.3) is 0 Å². The zero-order chi connectivity index (χ0) is 22.1. The third kappa shape index (κ3) is 5.68. The van der Waals surface area contributed by atoms with Gasteiger partial charge in [-0.2, -0.15) is 10.5 Å². The molecule has 0 spiro atoms. The molecule has 3 heteroatoms. The van der Waals surface area contributed by atoms with Crippen LogP contribution in [0.5, 0.6) is 5.75 Å². The van der Waals surface area contributed by atoms with Crippen LogP contribution in [0.15, 0.2) is 36.4 Å². The molecule has 0 bridgehead atoms. The summed E-state index contributed by atoms with van der Waals surface area (Å²) in [7, 11) is 0. The van der Waals surface area contributed by atoms with E-state index in [2.05, 4.69) is 32.1 Å². The summed E-state index contributed by atoms with van der Waals surface area (Å²) in [4.78, 5) is 0. The Morgan fingerprint density at radius 2 is 1.55 bits per heavy atom. The van der Waals surface area contributed by atoms with Gasteiger partial charge in [-0.05, 0) is 67.2 Å². The minimum atomic E-state index is 0.391. The Kier molecular flexibility index (Phi) is 8.54. The van der Waals surface area contributed by atoms with Gasteiger partial charge in [-0.3, -0.25) is 0 Å². The molecular weight excluding hydrogens is 380 g/mol. The summed E-state index contributed by atoms with van der Waals surface area (Å²) in [5.74, 6) is 2.06. The van der Waals surface area contributed by atoms with Crippen molar-refractivity contribution in [1.29, 1.82) is 10.5 Å². The third-order valence-electron chi connectivity index (χ3n) is 6.63. The van der Waals surface area contributed by atoms with Crippen molar-refractivity contribution in [2.45, 2.75) is 77.6 Å². The number of nitrogens with zero attached hydrogens (tertiary/aromatic N) is 2. The maximum absolute atomic E-state index is 9.93. The van der Waals surface area contributed by atoms with Gasteiger partial charge in [-0.15, -0.1) is 0 Å². The SMILES string of the molecule is CCCCCOc1ccc(-c2ccc([C@H]3CC[C@H](CCC)CC3)c(C#N)c2C#N)cc1. The van der Waals surface area contributed by atoms with Gasteiger partial charge in [-0.25, -0.2) is 0 Å². The van der Waals surface area contributed by atoms with Gasteiger partial charge in [0.05, 0.1) is 17.7 Å². The smallest absolute Gasteiger partial charge is 0.119 e. The lowest BCUT2D eigenvalue weighted by Gasteiger charge is -2.29. The molecule has 0 heterocycles. The quantitative estimate of drug-likeness (QED) is 0.394. The molecule has 1 saturated carbocycles. The number of unbranched alkanes of at least 4 members (excludes halogenated alkanes) is 2. The highest BCUT2D eigenvalue weighted by Gasteiger charge is 2.26. The van der Waals surface area contributed by atoms with E-state index < -0.39 is 0 Å². The Balaban J connectivity index is 1.80. The molecule has 1 aliphatic rings. The average molecular weight is 415 g/mol. The molecule has 0 amide bonds. The standard InChI is InChI=1S/C28H34N2O/c1-3-5-6-18-31-24-14-12-23(13-15-24)26-17-16-25(27(19-29)28(26)20-30)22-10-8-21(7-4-2)9-11-22/h12-17,21-22H,3-11,18H2,1-2H3/t21-,22-. The number of nitriles is 2. The molecule has 0 radical (unpaired) electrons. The van der Waals surface area contributed by atoms with Crippen LogP contribution in [-0.4, -0.2) is 6.61 Å². The van der Waals surface area contributed by atoms with Crippen LogP contribution in [0, 0.1) is 28.6 Å². The van der Waals surface area contributed by atoms with E-state index in [9.17, 15) is 10.5 Å². The van der Waals surface area contributed by atoms with Crippen molar-refractivity contribution >= 4 is 0 Å². The first kappa shape index (κ1) is 22.9. The maximum Gasteiger partial charge on any atom is 0.119 e. The van der Waals surface area contributed by atoms with Crippen LogP contribution in [0.1, 0.15) is 94.2 Å². The Labute approximate surface area is 187 Å². The number of hydrogen-bond acceptors (Lipinski definition) is 3. The molecule has 3 rings (SSSR count). The summed E-state index contributed by atoms with van der Waals surface area (Å²) < 4.78 is 5.81. The van der Waals surface area contributed by atoms with Crippen molar-refractivity contribution in [2.75, 3.05) is 6.61 Å². The summed E-state index contributed by atoms with van der Waals surface area (Å²) in [6.45, 7) is 5.16. The van der Waals surface area contributed by atoms with Crippen molar-refractivity contribution in [1.82, 2.24) is 0 Å². The van der Waals surface area contributed by atoms with E-state index in [1.54, 1.807) is 0 Å². The average Bonchev–Trinajstić information content (AvgIpc) is 2.82. The molecule has 31 heavy (non-hydrogen) atoms. The largest absolute Gasteiger partial charge is 0.494 e. The van der Waals surface area contributed by atoms with Crippen molar-refractivity contribution in [3.05, 3.63) is 53.1 Å². The van der Waals surface area contributed by atoms with Crippen LogP contribution in [0.25, 0.3) is 11.1 Å². The zero-order valence-corrected chi connectivity index (χ0v) is 19.0. The number of hydrogen-bond donors (Lipinski definition) is 0. The number of benzene rings is 2. The van der Waals surface area contributed by atoms with Crippen molar-refractivity contribution in [3.8, 4) is 29.0 Å². The Morgan fingerprint density at radius 3 is 2.16 bits per heavy atom. The van der Waals surface area contributed by atoms with E-state index >= 15 is 0 Å². The molecule has 0 atom stereocenters. The van der Waals surface area contributed by atoms with Gasteiger partial charge in [0.2, 0.25) is 0 Å². The predicted molar refractivity (Wildman–Crippen MR) is 126 cm³/mol. The molecule has 0 unspecified atom stereocenters. The molecular formula is C28H34N2O. The molecule has 3 nitrogen and oxygen atoms in total.